The smallest absolute Gasteiger partial charge is 0.246 e. The average Bonchev–Trinajstić information content (AvgIpc) is 2.58. The number of benzene rings is 1. The maximum atomic E-state index is 11.8. The number of rotatable bonds is 7. The third-order valence-corrected chi connectivity index (χ3v) is 4.46. The quantitative estimate of drug-likeness (QED) is 0.837. The van der Waals surface area contributed by atoms with E-state index in [1.807, 2.05) is 19.1 Å². The first-order chi connectivity index (χ1) is 11.2. The predicted molar refractivity (Wildman–Crippen MR) is 90.6 cm³/mol. The highest BCUT2D eigenvalue weighted by atomic mass is 16.5. The van der Waals surface area contributed by atoms with E-state index in [0.29, 0.717) is 25.1 Å². The van der Waals surface area contributed by atoms with Gasteiger partial charge in [0.1, 0.15) is 12.4 Å². The number of ether oxygens (including phenoxy) is 2. The van der Waals surface area contributed by atoms with Gasteiger partial charge >= 0.3 is 0 Å². The number of piperidine rings is 1. The highest BCUT2D eigenvalue weighted by molar-refractivity contribution is 5.77. The Morgan fingerprint density at radius 1 is 1.35 bits per heavy atom. The van der Waals surface area contributed by atoms with Crippen molar-refractivity contribution in [2.75, 3.05) is 40.5 Å². The molecule has 1 aliphatic rings. The van der Waals surface area contributed by atoms with E-state index in [1.54, 1.807) is 7.11 Å². The van der Waals surface area contributed by atoms with Gasteiger partial charge in [0.25, 0.3) is 0 Å². The zero-order chi connectivity index (χ0) is 16.7. The van der Waals surface area contributed by atoms with Crippen molar-refractivity contribution in [2.24, 2.45) is 5.92 Å². The molecule has 0 spiro atoms. The largest absolute Gasteiger partial charge is 0.497 e. The highest BCUT2D eigenvalue weighted by Crippen LogP contribution is 2.35. The minimum Gasteiger partial charge on any atom is -0.497 e. The number of likely N-dealkylation sites (tertiary alicyclic amines) is 1. The van der Waals surface area contributed by atoms with Gasteiger partial charge in [0.2, 0.25) is 5.91 Å². The van der Waals surface area contributed by atoms with Crippen molar-refractivity contribution in [1.29, 1.82) is 0 Å². The van der Waals surface area contributed by atoms with Gasteiger partial charge in [-0.2, -0.15) is 0 Å². The first kappa shape index (κ1) is 17.8. The summed E-state index contributed by atoms with van der Waals surface area (Å²) < 4.78 is 10.4. The van der Waals surface area contributed by atoms with Gasteiger partial charge in [-0.3, -0.25) is 9.69 Å². The topological polar surface area (TPSA) is 50.8 Å². The second-order valence-corrected chi connectivity index (χ2v) is 6.04. The molecule has 0 radical (unpaired) electrons. The third kappa shape index (κ3) is 4.94. The van der Waals surface area contributed by atoms with E-state index in [9.17, 15) is 4.79 Å². The van der Waals surface area contributed by atoms with E-state index < -0.39 is 0 Å². The second-order valence-electron chi connectivity index (χ2n) is 6.04. The molecule has 0 unspecified atom stereocenters. The Kier molecular flexibility index (Phi) is 6.86. The van der Waals surface area contributed by atoms with Gasteiger partial charge in [-0.15, -0.1) is 0 Å². The summed E-state index contributed by atoms with van der Waals surface area (Å²) in [5.41, 5.74) is 1.28. The van der Waals surface area contributed by atoms with E-state index in [2.05, 4.69) is 29.4 Å². The van der Waals surface area contributed by atoms with Crippen molar-refractivity contribution in [1.82, 2.24) is 10.2 Å². The van der Waals surface area contributed by atoms with Crippen molar-refractivity contribution in [3.63, 3.8) is 0 Å². The number of amides is 1. The number of carbonyl (C=O) groups is 1. The Bertz CT molecular complexity index is 490. The van der Waals surface area contributed by atoms with E-state index >= 15 is 0 Å². The maximum Gasteiger partial charge on any atom is 0.246 e. The molecule has 2 atom stereocenters. The molecule has 0 aliphatic carbocycles. The molecule has 5 nitrogen and oxygen atoms in total. The molecule has 0 saturated carbocycles. The van der Waals surface area contributed by atoms with Gasteiger partial charge in [0, 0.05) is 19.2 Å². The Morgan fingerprint density at radius 3 is 2.74 bits per heavy atom. The fourth-order valence-corrected chi connectivity index (χ4v) is 3.29. The summed E-state index contributed by atoms with van der Waals surface area (Å²) in [6.07, 6.45) is 2.28. The van der Waals surface area contributed by atoms with Crippen molar-refractivity contribution in [2.45, 2.75) is 25.8 Å². The third-order valence-electron chi connectivity index (χ3n) is 4.46. The molecular weight excluding hydrogens is 292 g/mol. The van der Waals surface area contributed by atoms with Crippen molar-refractivity contribution >= 4 is 5.91 Å². The molecule has 1 amide bonds. The zero-order valence-corrected chi connectivity index (χ0v) is 14.4. The fraction of sp³-hybridized carbons (Fsp3) is 0.611. The summed E-state index contributed by atoms with van der Waals surface area (Å²) >= 11 is 0. The predicted octanol–water partition coefficient (Wildman–Crippen LogP) is 2.23. The van der Waals surface area contributed by atoms with E-state index in [4.69, 9.17) is 9.47 Å². The fourth-order valence-electron chi connectivity index (χ4n) is 3.29. The molecule has 128 valence electrons. The van der Waals surface area contributed by atoms with Crippen molar-refractivity contribution in [3.05, 3.63) is 29.8 Å². The molecule has 0 aromatic heterocycles. The van der Waals surface area contributed by atoms with Gasteiger partial charge in [-0.1, -0.05) is 12.1 Å². The molecule has 1 aromatic rings. The zero-order valence-electron chi connectivity index (χ0n) is 14.4. The summed E-state index contributed by atoms with van der Waals surface area (Å²) in [5, 5.41) is 3.01. The van der Waals surface area contributed by atoms with Crippen LogP contribution in [0.15, 0.2) is 24.3 Å². The molecule has 2 rings (SSSR count). The van der Waals surface area contributed by atoms with Crippen LogP contribution in [0.1, 0.15) is 31.4 Å². The Morgan fingerprint density at radius 2 is 2.09 bits per heavy atom. The molecule has 23 heavy (non-hydrogen) atoms. The summed E-state index contributed by atoms with van der Waals surface area (Å²) in [4.78, 5) is 14.2. The lowest BCUT2D eigenvalue weighted by molar-refractivity contribution is -0.125. The highest BCUT2D eigenvalue weighted by Gasteiger charge is 2.30. The maximum absolute atomic E-state index is 11.8. The SMILES string of the molecule is CCOCC(=O)NC[C@H]1CCCN(C)[C@H]1c1ccc(OC)cc1. The van der Waals surface area contributed by atoms with Crippen LogP contribution in [0.3, 0.4) is 0 Å². The summed E-state index contributed by atoms with van der Waals surface area (Å²) in [6.45, 7) is 4.37. The van der Waals surface area contributed by atoms with Gasteiger partial charge in [-0.25, -0.2) is 0 Å². The first-order valence-electron chi connectivity index (χ1n) is 8.34. The molecule has 1 saturated heterocycles. The Balaban J connectivity index is 2.01. The number of methoxy groups -OCH3 is 1. The van der Waals surface area contributed by atoms with Crippen molar-refractivity contribution in [3.8, 4) is 5.75 Å². The lowest BCUT2D eigenvalue weighted by Gasteiger charge is -2.39. The number of nitrogens with one attached hydrogen (secondary N) is 1. The lowest BCUT2D eigenvalue weighted by Crippen LogP contribution is -2.42. The van der Waals surface area contributed by atoms with Crippen LogP contribution < -0.4 is 10.1 Å². The number of nitrogens with zero attached hydrogens (tertiary/aromatic N) is 1. The number of hydrogen-bond acceptors (Lipinski definition) is 4. The molecule has 1 aliphatic heterocycles. The minimum absolute atomic E-state index is 0.0337. The van der Waals surface area contributed by atoms with Crippen LogP contribution in [-0.2, 0) is 9.53 Å². The summed E-state index contributed by atoms with van der Waals surface area (Å²) in [5.74, 6) is 1.25. The first-order valence-corrected chi connectivity index (χ1v) is 8.34. The van der Waals surface area contributed by atoms with Crippen LogP contribution in [0, 0.1) is 5.92 Å². The summed E-state index contributed by atoms with van der Waals surface area (Å²) in [6, 6.07) is 8.58. The standard InChI is InChI=1S/C18H28N2O3/c1-4-23-13-17(21)19-12-15-6-5-11-20(2)18(15)14-7-9-16(22-3)10-8-14/h7-10,15,18H,4-6,11-13H2,1-3H3,(H,19,21)/t15-,18+/m1/s1. The minimum atomic E-state index is -0.0337. The summed E-state index contributed by atoms with van der Waals surface area (Å²) in [7, 11) is 3.83. The monoisotopic (exact) mass is 320 g/mol. The molecule has 1 fully saturated rings. The van der Waals surface area contributed by atoms with Crippen molar-refractivity contribution < 1.29 is 14.3 Å². The number of carbonyl (C=O) groups excluding carboxylic acids is 1. The van der Waals surface area contributed by atoms with Crippen LogP contribution in [0.2, 0.25) is 0 Å². The molecule has 0 bridgehead atoms. The van der Waals surface area contributed by atoms with Gasteiger partial charge in [0.05, 0.1) is 7.11 Å². The molecular formula is C18H28N2O3. The molecule has 1 N–H and O–H groups in total. The van der Waals surface area contributed by atoms with Crippen LogP contribution in [-0.4, -0.2) is 51.3 Å². The van der Waals surface area contributed by atoms with E-state index in [-0.39, 0.29) is 12.5 Å². The van der Waals surface area contributed by atoms with Crippen LogP contribution in [0.5, 0.6) is 5.75 Å². The van der Waals surface area contributed by atoms with Crippen LogP contribution in [0.4, 0.5) is 0 Å². The Hall–Kier alpha value is -1.59. The second kappa shape index (κ2) is 8.89. The Labute approximate surface area is 139 Å². The lowest BCUT2D eigenvalue weighted by atomic mass is 9.85. The van der Waals surface area contributed by atoms with Crippen LogP contribution in [0.25, 0.3) is 0 Å². The molecule has 1 heterocycles. The van der Waals surface area contributed by atoms with E-state index in [1.165, 1.54) is 5.56 Å². The molecule has 1 aromatic carbocycles. The molecule has 5 heteroatoms. The van der Waals surface area contributed by atoms with Gasteiger partial charge in [0.15, 0.2) is 0 Å². The number of hydrogen-bond donors (Lipinski definition) is 1. The van der Waals surface area contributed by atoms with Gasteiger partial charge < -0.3 is 14.8 Å². The average molecular weight is 320 g/mol. The van der Waals surface area contributed by atoms with Gasteiger partial charge in [-0.05, 0) is 57.0 Å². The van der Waals surface area contributed by atoms with Crippen LogP contribution >= 0.6 is 0 Å². The normalized spacial score (nSPS) is 21.9. The van der Waals surface area contributed by atoms with E-state index in [0.717, 1.165) is 25.1 Å².